The van der Waals surface area contributed by atoms with E-state index in [1.807, 2.05) is 10.8 Å². The largest absolute Gasteiger partial charge is 0.331 e. The van der Waals surface area contributed by atoms with E-state index in [9.17, 15) is 9.18 Å². The van der Waals surface area contributed by atoms with Crippen LogP contribution in [0.4, 0.5) is 4.39 Å². The Morgan fingerprint density at radius 1 is 1.44 bits per heavy atom. The Morgan fingerprint density at radius 2 is 2.22 bits per heavy atom. The van der Waals surface area contributed by atoms with Crippen LogP contribution in [0.15, 0.2) is 30.6 Å². The number of halogens is 1. The van der Waals surface area contributed by atoms with E-state index in [0.29, 0.717) is 17.0 Å². The quantitative estimate of drug-likeness (QED) is 0.776. The van der Waals surface area contributed by atoms with Crippen LogP contribution >= 0.6 is 0 Å². The monoisotopic (exact) mass is 246 g/mol. The molecule has 18 heavy (non-hydrogen) atoms. The highest BCUT2D eigenvalue weighted by atomic mass is 19.1. The number of benzene rings is 1. The minimum absolute atomic E-state index is 0.0870. The van der Waals surface area contributed by atoms with E-state index < -0.39 is 0 Å². The van der Waals surface area contributed by atoms with Gasteiger partial charge in [-0.3, -0.25) is 4.79 Å². The number of carbonyl (C=O) groups is 1. The summed E-state index contributed by atoms with van der Waals surface area (Å²) >= 11 is 0. The summed E-state index contributed by atoms with van der Waals surface area (Å²) in [7, 11) is 0. The summed E-state index contributed by atoms with van der Waals surface area (Å²) in [6.45, 7) is 4.33. The lowest BCUT2D eigenvalue weighted by Gasteiger charge is -2.09. The molecular formula is C14H15FN2O. The van der Waals surface area contributed by atoms with Gasteiger partial charge in [0.15, 0.2) is 5.78 Å². The zero-order valence-corrected chi connectivity index (χ0v) is 10.5. The van der Waals surface area contributed by atoms with Gasteiger partial charge in [0, 0.05) is 30.1 Å². The van der Waals surface area contributed by atoms with E-state index in [4.69, 9.17) is 0 Å². The van der Waals surface area contributed by atoms with E-state index >= 15 is 0 Å². The molecule has 0 saturated carbocycles. The second kappa shape index (κ2) is 5.12. The fourth-order valence-electron chi connectivity index (χ4n) is 1.98. The summed E-state index contributed by atoms with van der Waals surface area (Å²) in [4.78, 5) is 15.8. The van der Waals surface area contributed by atoms with Crippen molar-refractivity contribution in [1.29, 1.82) is 0 Å². The molecule has 1 heterocycles. The van der Waals surface area contributed by atoms with Gasteiger partial charge < -0.3 is 4.57 Å². The third-order valence-corrected chi connectivity index (χ3v) is 2.78. The highest BCUT2D eigenvalue weighted by molar-refractivity contribution is 6.00. The van der Waals surface area contributed by atoms with Crippen molar-refractivity contribution in [3.63, 3.8) is 0 Å². The molecular weight excluding hydrogens is 231 g/mol. The summed E-state index contributed by atoms with van der Waals surface area (Å²) in [5, 5.41) is 0. The topological polar surface area (TPSA) is 34.9 Å². The molecule has 1 aromatic carbocycles. The maximum atomic E-state index is 13.4. The molecule has 4 heteroatoms. The van der Waals surface area contributed by atoms with Gasteiger partial charge in [0.25, 0.3) is 0 Å². The predicted octanol–water partition coefficient (Wildman–Crippen LogP) is 3.30. The first kappa shape index (κ1) is 12.5. The normalized spacial score (nSPS) is 10.6. The van der Waals surface area contributed by atoms with Gasteiger partial charge >= 0.3 is 0 Å². The maximum absolute atomic E-state index is 13.4. The molecule has 2 rings (SSSR count). The zero-order chi connectivity index (χ0) is 13.1. The maximum Gasteiger partial charge on any atom is 0.160 e. The van der Waals surface area contributed by atoms with E-state index in [-0.39, 0.29) is 11.6 Å². The summed E-state index contributed by atoms with van der Waals surface area (Å²) in [5.74, 6) is 0.193. The van der Waals surface area contributed by atoms with Crippen LogP contribution in [0.1, 0.15) is 30.6 Å². The molecule has 3 nitrogen and oxygen atoms in total. The molecule has 1 aromatic heterocycles. The van der Waals surface area contributed by atoms with Crippen molar-refractivity contribution >= 4 is 5.78 Å². The summed E-state index contributed by atoms with van der Waals surface area (Å²) in [5.41, 5.74) is 1.06. The molecule has 0 N–H and O–H groups in total. The fourth-order valence-corrected chi connectivity index (χ4v) is 1.98. The summed E-state index contributed by atoms with van der Waals surface area (Å²) < 4.78 is 15.3. The Bertz CT molecular complexity index is 575. The second-order valence-electron chi connectivity index (χ2n) is 4.19. The number of imidazole rings is 1. The number of carbonyl (C=O) groups excluding carboxylic acids is 1. The van der Waals surface area contributed by atoms with Gasteiger partial charge in [-0.1, -0.05) is 6.92 Å². The number of ketones is 1. The van der Waals surface area contributed by atoms with E-state index in [1.54, 1.807) is 6.20 Å². The summed E-state index contributed by atoms with van der Waals surface area (Å²) in [6, 6.07) is 4.18. The van der Waals surface area contributed by atoms with Crippen LogP contribution in [-0.4, -0.2) is 15.3 Å². The van der Waals surface area contributed by atoms with Gasteiger partial charge in [0.05, 0.1) is 0 Å². The highest BCUT2D eigenvalue weighted by Gasteiger charge is 2.14. The van der Waals surface area contributed by atoms with Crippen molar-refractivity contribution in [3.8, 4) is 11.4 Å². The number of aryl methyl sites for hydroxylation is 1. The van der Waals surface area contributed by atoms with Gasteiger partial charge in [0.2, 0.25) is 0 Å². The van der Waals surface area contributed by atoms with E-state index in [2.05, 4.69) is 11.9 Å². The van der Waals surface area contributed by atoms with Crippen LogP contribution in [0.25, 0.3) is 11.4 Å². The van der Waals surface area contributed by atoms with Gasteiger partial charge in [-0.15, -0.1) is 0 Å². The molecule has 0 unspecified atom stereocenters. The van der Waals surface area contributed by atoms with Crippen LogP contribution in [0.2, 0.25) is 0 Å². The number of aromatic nitrogens is 2. The number of hydrogen-bond acceptors (Lipinski definition) is 2. The van der Waals surface area contributed by atoms with E-state index in [0.717, 1.165) is 13.0 Å². The molecule has 0 aliphatic rings. The fraction of sp³-hybridized carbons (Fsp3) is 0.286. The molecule has 0 atom stereocenters. The average molecular weight is 246 g/mol. The number of Topliss-reactive ketones (excluding diaryl/α,β-unsaturated/α-hetero) is 1. The Hall–Kier alpha value is -1.97. The lowest BCUT2D eigenvalue weighted by Crippen LogP contribution is -2.03. The molecule has 0 radical (unpaired) electrons. The average Bonchev–Trinajstić information content (AvgIpc) is 2.77. The van der Waals surface area contributed by atoms with Gasteiger partial charge in [-0.05, 0) is 31.5 Å². The first-order valence-corrected chi connectivity index (χ1v) is 5.95. The smallest absolute Gasteiger partial charge is 0.160 e. The Kier molecular flexibility index (Phi) is 3.55. The number of hydrogen-bond donors (Lipinski definition) is 0. The van der Waals surface area contributed by atoms with Crippen molar-refractivity contribution in [2.75, 3.05) is 0 Å². The zero-order valence-electron chi connectivity index (χ0n) is 10.5. The number of nitrogens with zero attached hydrogens (tertiary/aromatic N) is 2. The van der Waals surface area contributed by atoms with Crippen molar-refractivity contribution in [2.24, 2.45) is 0 Å². The SMILES string of the molecule is CCCn1ccnc1-c1cc(F)ccc1C(C)=O. The van der Waals surface area contributed by atoms with Crippen LogP contribution in [-0.2, 0) is 6.54 Å². The van der Waals surface area contributed by atoms with Crippen LogP contribution in [0.3, 0.4) is 0 Å². The third kappa shape index (κ3) is 2.32. The van der Waals surface area contributed by atoms with Crippen LogP contribution < -0.4 is 0 Å². The Balaban J connectivity index is 2.58. The Labute approximate surface area is 105 Å². The minimum atomic E-state index is -0.360. The molecule has 94 valence electrons. The van der Waals surface area contributed by atoms with Gasteiger partial charge in [-0.2, -0.15) is 0 Å². The van der Waals surface area contributed by atoms with Crippen molar-refractivity contribution in [1.82, 2.24) is 9.55 Å². The molecule has 0 saturated heterocycles. The molecule has 0 aliphatic carbocycles. The first-order chi connectivity index (χ1) is 8.63. The van der Waals surface area contributed by atoms with Gasteiger partial charge in [0.1, 0.15) is 11.6 Å². The molecule has 0 fully saturated rings. The van der Waals surface area contributed by atoms with E-state index in [1.165, 1.54) is 25.1 Å². The minimum Gasteiger partial charge on any atom is -0.331 e. The molecule has 2 aromatic rings. The molecule has 0 aliphatic heterocycles. The molecule has 0 bridgehead atoms. The standard InChI is InChI=1S/C14H15FN2O/c1-3-7-17-8-6-16-14(17)13-9-11(15)4-5-12(13)10(2)18/h4-6,8-9H,3,7H2,1-2H3. The Morgan fingerprint density at radius 3 is 2.89 bits per heavy atom. The lowest BCUT2D eigenvalue weighted by atomic mass is 10.0. The van der Waals surface area contributed by atoms with Crippen molar-refractivity contribution in [2.45, 2.75) is 26.8 Å². The third-order valence-electron chi connectivity index (χ3n) is 2.78. The number of rotatable bonds is 4. The highest BCUT2D eigenvalue weighted by Crippen LogP contribution is 2.24. The lowest BCUT2D eigenvalue weighted by molar-refractivity contribution is 0.101. The van der Waals surface area contributed by atoms with Gasteiger partial charge in [-0.25, -0.2) is 9.37 Å². The van der Waals surface area contributed by atoms with Crippen molar-refractivity contribution < 1.29 is 9.18 Å². The summed E-state index contributed by atoms with van der Waals surface area (Å²) in [6.07, 6.45) is 4.46. The molecule has 0 spiro atoms. The molecule has 0 amide bonds. The van der Waals surface area contributed by atoms with Crippen molar-refractivity contribution in [3.05, 3.63) is 42.0 Å². The second-order valence-corrected chi connectivity index (χ2v) is 4.19. The van der Waals surface area contributed by atoms with Crippen LogP contribution in [0, 0.1) is 5.82 Å². The van der Waals surface area contributed by atoms with Crippen LogP contribution in [0.5, 0.6) is 0 Å². The predicted molar refractivity (Wildman–Crippen MR) is 67.9 cm³/mol. The first-order valence-electron chi connectivity index (χ1n) is 5.95.